The number of imidazole rings is 1. The van der Waals surface area contributed by atoms with E-state index in [0.717, 1.165) is 25.5 Å². The predicted octanol–water partition coefficient (Wildman–Crippen LogP) is 2.46. The molecule has 3 heteroatoms. The highest BCUT2D eigenvalue weighted by atomic mass is 15.1. The van der Waals surface area contributed by atoms with Crippen LogP contribution in [0.15, 0.2) is 12.4 Å². The van der Waals surface area contributed by atoms with Crippen LogP contribution < -0.4 is 5.32 Å². The monoisotopic (exact) mass is 223 g/mol. The molecule has 1 N–H and O–H groups in total. The molecule has 1 rings (SSSR count). The van der Waals surface area contributed by atoms with Crippen molar-refractivity contribution in [1.29, 1.82) is 0 Å². The summed E-state index contributed by atoms with van der Waals surface area (Å²) in [5, 5.41) is 3.52. The van der Waals surface area contributed by atoms with Crippen LogP contribution in [0, 0.1) is 18.3 Å². The van der Waals surface area contributed by atoms with Crippen molar-refractivity contribution in [3.05, 3.63) is 18.2 Å². The summed E-state index contributed by atoms with van der Waals surface area (Å²) in [5.41, 5.74) is 0.264. The lowest BCUT2D eigenvalue weighted by molar-refractivity contribution is 0.282. The van der Waals surface area contributed by atoms with Gasteiger partial charge in [-0.2, -0.15) is 0 Å². The molecule has 0 amide bonds. The summed E-state index contributed by atoms with van der Waals surface area (Å²) in [7, 11) is 0. The minimum Gasteiger partial charge on any atom is -0.335 e. The van der Waals surface area contributed by atoms with Gasteiger partial charge >= 0.3 is 0 Å². The average Bonchev–Trinajstić information content (AvgIpc) is 2.50. The van der Waals surface area contributed by atoms with Gasteiger partial charge in [-0.3, -0.25) is 0 Å². The van der Waals surface area contributed by atoms with E-state index in [4.69, 9.17) is 0 Å². The zero-order valence-corrected chi connectivity index (χ0v) is 11.2. The molecule has 0 aliphatic heterocycles. The molecule has 3 nitrogen and oxygen atoms in total. The normalized spacial score (nSPS) is 12.4. The van der Waals surface area contributed by atoms with Gasteiger partial charge in [-0.05, 0) is 24.8 Å². The highest BCUT2D eigenvalue weighted by molar-refractivity contribution is 4.90. The molecular weight excluding hydrogens is 198 g/mol. The molecule has 0 saturated carbocycles. The van der Waals surface area contributed by atoms with E-state index in [-0.39, 0.29) is 5.41 Å². The van der Waals surface area contributed by atoms with E-state index in [0.29, 0.717) is 5.92 Å². The molecule has 1 aromatic heterocycles. The first kappa shape index (κ1) is 13.2. The Labute approximate surface area is 99.3 Å². The molecule has 0 radical (unpaired) electrons. The maximum Gasteiger partial charge on any atom is 0.105 e. The standard InChI is InChI=1S/C13H25N3/c1-11(2)8-14-9-13(4,5)10-16-7-6-15-12(16)3/h6-7,11,14H,8-10H2,1-5H3. The molecule has 1 heterocycles. The largest absolute Gasteiger partial charge is 0.335 e. The Kier molecular flexibility index (Phi) is 4.54. The van der Waals surface area contributed by atoms with Crippen LogP contribution in [0.2, 0.25) is 0 Å². The smallest absolute Gasteiger partial charge is 0.105 e. The minimum absolute atomic E-state index is 0.264. The van der Waals surface area contributed by atoms with Gasteiger partial charge < -0.3 is 9.88 Å². The summed E-state index contributed by atoms with van der Waals surface area (Å²) in [4.78, 5) is 4.25. The summed E-state index contributed by atoms with van der Waals surface area (Å²) in [5.74, 6) is 1.81. The first-order chi connectivity index (χ1) is 7.41. The van der Waals surface area contributed by atoms with E-state index in [1.807, 2.05) is 6.20 Å². The Morgan fingerprint density at radius 2 is 2.12 bits per heavy atom. The van der Waals surface area contributed by atoms with E-state index in [1.165, 1.54) is 0 Å². The van der Waals surface area contributed by atoms with Gasteiger partial charge in [0, 0.05) is 25.5 Å². The highest BCUT2D eigenvalue weighted by Gasteiger charge is 2.18. The highest BCUT2D eigenvalue weighted by Crippen LogP contribution is 2.17. The fourth-order valence-electron chi connectivity index (χ4n) is 1.79. The Morgan fingerprint density at radius 3 is 2.62 bits per heavy atom. The van der Waals surface area contributed by atoms with Gasteiger partial charge in [0.25, 0.3) is 0 Å². The fraction of sp³-hybridized carbons (Fsp3) is 0.769. The summed E-state index contributed by atoms with van der Waals surface area (Å²) in [6.07, 6.45) is 3.92. The van der Waals surface area contributed by atoms with Gasteiger partial charge in [-0.25, -0.2) is 4.98 Å². The van der Waals surface area contributed by atoms with Gasteiger partial charge in [-0.15, -0.1) is 0 Å². The molecule has 0 saturated heterocycles. The summed E-state index contributed by atoms with van der Waals surface area (Å²) in [6, 6.07) is 0. The van der Waals surface area contributed by atoms with Crippen LogP contribution in [-0.2, 0) is 6.54 Å². The number of hydrogen-bond acceptors (Lipinski definition) is 2. The lowest BCUT2D eigenvalue weighted by Gasteiger charge is -2.26. The molecule has 0 aliphatic carbocycles. The third-order valence-corrected chi connectivity index (χ3v) is 2.68. The van der Waals surface area contributed by atoms with Gasteiger partial charge in [0.1, 0.15) is 5.82 Å². The van der Waals surface area contributed by atoms with Crippen LogP contribution in [-0.4, -0.2) is 22.6 Å². The van der Waals surface area contributed by atoms with Crippen LogP contribution in [0.25, 0.3) is 0 Å². The molecule has 1 aromatic rings. The van der Waals surface area contributed by atoms with E-state index in [1.54, 1.807) is 0 Å². The Morgan fingerprint density at radius 1 is 1.44 bits per heavy atom. The minimum atomic E-state index is 0.264. The Hall–Kier alpha value is -0.830. The van der Waals surface area contributed by atoms with Crippen LogP contribution in [0.3, 0.4) is 0 Å². The first-order valence-corrected chi connectivity index (χ1v) is 6.09. The quantitative estimate of drug-likeness (QED) is 0.803. The van der Waals surface area contributed by atoms with Crippen molar-refractivity contribution in [2.45, 2.75) is 41.2 Å². The number of aromatic nitrogens is 2. The van der Waals surface area contributed by atoms with Crippen LogP contribution in [0.4, 0.5) is 0 Å². The lowest BCUT2D eigenvalue weighted by Crippen LogP contribution is -2.34. The summed E-state index contributed by atoms with van der Waals surface area (Å²) in [6.45, 7) is 14.3. The molecule has 0 unspecified atom stereocenters. The number of aryl methyl sites for hydroxylation is 1. The molecule has 0 spiro atoms. The van der Waals surface area contributed by atoms with Crippen molar-refractivity contribution in [2.24, 2.45) is 11.3 Å². The second-order valence-corrected chi connectivity index (χ2v) is 5.79. The number of nitrogens with zero attached hydrogens (tertiary/aromatic N) is 2. The van der Waals surface area contributed by atoms with E-state index in [2.05, 4.69) is 55.7 Å². The SMILES string of the molecule is Cc1nccn1CC(C)(C)CNCC(C)C. The third kappa shape index (κ3) is 4.35. The topological polar surface area (TPSA) is 29.9 Å². The van der Waals surface area contributed by atoms with Gasteiger partial charge in [0.15, 0.2) is 0 Å². The maximum absolute atomic E-state index is 4.25. The first-order valence-electron chi connectivity index (χ1n) is 6.09. The van der Waals surface area contributed by atoms with E-state index in [9.17, 15) is 0 Å². The second kappa shape index (κ2) is 5.48. The van der Waals surface area contributed by atoms with E-state index < -0.39 is 0 Å². The third-order valence-electron chi connectivity index (χ3n) is 2.68. The fourth-order valence-corrected chi connectivity index (χ4v) is 1.79. The number of nitrogens with one attached hydrogen (secondary N) is 1. The molecule has 0 aliphatic rings. The molecule has 92 valence electrons. The van der Waals surface area contributed by atoms with Crippen molar-refractivity contribution < 1.29 is 0 Å². The number of rotatable bonds is 6. The Balaban J connectivity index is 2.42. The van der Waals surface area contributed by atoms with Crippen LogP contribution in [0.5, 0.6) is 0 Å². The second-order valence-electron chi connectivity index (χ2n) is 5.79. The summed E-state index contributed by atoms with van der Waals surface area (Å²) < 4.78 is 2.22. The van der Waals surface area contributed by atoms with Gasteiger partial charge in [-0.1, -0.05) is 27.7 Å². The summed E-state index contributed by atoms with van der Waals surface area (Å²) >= 11 is 0. The van der Waals surface area contributed by atoms with Crippen LogP contribution >= 0.6 is 0 Å². The van der Waals surface area contributed by atoms with Crippen molar-refractivity contribution in [1.82, 2.24) is 14.9 Å². The molecule has 16 heavy (non-hydrogen) atoms. The van der Waals surface area contributed by atoms with E-state index >= 15 is 0 Å². The number of hydrogen-bond donors (Lipinski definition) is 1. The van der Waals surface area contributed by atoms with Crippen molar-refractivity contribution >= 4 is 0 Å². The lowest BCUT2D eigenvalue weighted by atomic mass is 9.93. The molecule has 0 bridgehead atoms. The predicted molar refractivity (Wildman–Crippen MR) is 68.5 cm³/mol. The zero-order chi connectivity index (χ0) is 12.2. The van der Waals surface area contributed by atoms with Gasteiger partial charge in [0.05, 0.1) is 0 Å². The van der Waals surface area contributed by atoms with Crippen LogP contribution in [0.1, 0.15) is 33.5 Å². The zero-order valence-electron chi connectivity index (χ0n) is 11.2. The van der Waals surface area contributed by atoms with Crippen molar-refractivity contribution in [3.63, 3.8) is 0 Å². The van der Waals surface area contributed by atoms with Crippen molar-refractivity contribution in [3.8, 4) is 0 Å². The molecule has 0 fully saturated rings. The molecule has 0 aromatic carbocycles. The average molecular weight is 223 g/mol. The molecule has 0 atom stereocenters. The van der Waals surface area contributed by atoms with Crippen molar-refractivity contribution in [2.75, 3.05) is 13.1 Å². The molecular formula is C13H25N3. The maximum atomic E-state index is 4.25. The van der Waals surface area contributed by atoms with Gasteiger partial charge in [0.2, 0.25) is 0 Å². The Bertz CT molecular complexity index is 313.